The number of hydrogen-bond acceptors (Lipinski definition) is 3. The molecule has 108 valence electrons. The Morgan fingerprint density at radius 1 is 1.26 bits per heavy atom. The van der Waals surface area contributed by atoms with Gasteiger partial charge in [-0.1, -0.05) is 26.8 Å². The van der Waals surface area contributed by atoms with Crippen LogP contribution in [0.25, 0.3) is 0 Å². The molecule has 0 aromatic carbocycles. The SMILES string of the molecule is CC(C)/C=C1\C(=O)N(C)C(C[C@@H](C)CO)C(=O)N1C. The number of likely N-dealkylation sites (N-methyl/N-ethyl adjacent to an activating group) is 2. The van der Waals surface area contributed by atoms with Crippen LogP contribution in [0.2, 0.25) is 0 Å². The highest BCUT2D eigenvalue weighted by Crippen LogP contribution is 2.23. The topological polar surface area (TPSA) is 60.9 Å². The number of carbonyl (C=O) groups excluding carboxylic acids is 2. The molecular weight excluding hydrogens is 244 g/mol. The Balaban J connectivity index is 2.99. The van der Waals surface area contributed by atoms with E-state index in [1.807, 2.05) is 26.8 Å². The molecule has 0 saturated carbocycles. The molecule has 1 fully saturated rings. The standard InChI is InChI=1S/C14H24N2O3/c1-9(2)6-11-13(18)16(5)12(7-10(3)8-17)14(19)15(11)4/h6,9-10,12,17H,7-8H2,1-5H3/b11-6+/t10-,12?/m1/s1. The van der Waals surface area contributed by atoms with Crippen LogP contribution in [-0.4, -0.2) is 53.5 Å². The van der Waals surface area contributed by atoms with Gasteiger partial charge in [-0.25, -0.2) is 0 Å². The number of aliphatic hydroxyl groups excluding tert-OH is 1. The van der Waals surface area contributed by atoms with Crippen molar-refractivity contribution in [2.75, 3.05) is 20.7 Å². The summed E-state index contributed by atoms with van der Waals surface area (Å²) in [6.07, 6.45) is 2.29. The van der Waals surface area contributed by atoms with E-state index in [9.17, 15) is 9.59 Å². The van der Waals surface area contributed by atoms with Crippen molar-refractivity contribution in [1.29, 1.82) is 0 Å². The second kappa shape index (κ2) is 6.19. The van der Waals surface area contributed by atoms with Crippen LogP contribution in [0.4, 0.5) is 0 Å². The predicted octanol–water partition coefficient (Wildman–Crippen LogP) is 0.844. The zero-order valence-corrected chi connectivity index (χ0v) is 12.4. The summed E-state index contributed by atoms with van der Waals surface area (Å²) >= 11 is 0. The number of hydrogen-bond donors (Lipinski definition) is 1. The van der Waals surface area contributed by atoms with Gasteiger partial charge in [-0.05, 0) is 18.3 Å². The van der Waals surface area contributed by atoms with E-state index in [-0.39, 0.29) is 30.3 Å². The maximum absolute atomic E-state index is 12.3. The zero-order chi connectivity index (χ0) is 14.7. The van der Waals surface area contributed by atoms with E-state index in [2.05, 4.69) is 0 Å². The van der Waals surface area contributed by atoms with E-state index in [1.54, 1.807) is 14.1 Å². The monoisotopic (exact) mass is 268 g/mol. The molecule has 1 aliphatic rings. The van der Waals surface area contributed by atoms with Gasteiger partial charge < -0.3 is 14.9 Å². The molecule has 0 spiro atoms. The lowest BCUT2D eigenvalue weighted by atomic mass is 9.97. The molecule has 0 aromatic heterocycles. The Morgan fingerprint density at radius 3 is 2.32 bits per heavy atom. The van der Waals surface area contributed by atoms with Gasteiger partial charge in [0.25, 0.3) is 5.91 Å². The largest absolute Gasteiger partial charge is 0.396 e. The van der Waals surface area contributed by atoms with Gasteiger partial charge in [0.15, 0.2) is 0 Å². The van der Waals surface area contributed by atoms with E-state index in [4.69, 9.17) is 5.11 Å². The molecule has 2 atom stereocenters. The summed E-state index contributed by atoms with van der Waals surface area (Å²) in [6.45, 7) is 5.83. The molecule has 1 heterocycles. The van der Waals surface area contributed by atoms with Gasteiger partial charge in [-0.15, -0.1) is 0 Å². The highest BCUT2D eigenvalue weighted by molar-refractivity contribution is 6.04. The highest BCUT2D eigenvalue weighted by Gasteiger charge is 2.39. The van der Waals surface area contributed by atoms with Crippen molar-refractivity contribution in [3.8, 4) is 0 Å². The number of piperazine rings is 1. The van der Waals surface area contributed by atoms with Crippen LogP contribution in [0.5, 0.6) is 0 Å². The lowest BCUT2D eigenvalue weighted by Crippen LogP contribution is -2.56. The van der Waals surface area contributed by atoms with Gasteiger partial charge in [0.1, 0.15) is 11.7 Å². The van der Waals surface area contributed by atoms with Crippen molar-refractivity contribution >= 4 is 11.8 Å². The molecule has 1 N–H and O–H groups in total. The first kappa shape index (κ1) is 15.7. The fourth-order valence-electron chi connectivity index (χ4n) is 2.19. The second-order valence-corrected chi connectivity index (χ2v) is 5.65. The van der Waals surface area contributed by atoms with Crippen LogP contribution in [0, 0.1) is 11.8 Å². The minimum absolute atomic E-state index is 0.00627. The fraction of sp³-hybridized carbons (Fsp3) is 0.714. The smallest absolute Gasteiger partial charge is 0.270 e. The lowest BCUT2D eigenvalue weighted by Gasteiger charge is -2.39. The molecule has 1 saturated heterocycles. The average Bonchev–Trinajstić information content (AvgIpc) is 2.36. The quantitative estimate of drug-likeness (QED) is 0.769. The lowest BCUT2D eigenvalue weighted by molar-refractivity contribution is -0.149. The Labute approximate surface area is 114 Å². The molecule has 19 heavy (non-hydrogen) atoms. The summed E-state index contributed by atoms with van der Waals surface area (Å²) < 4.78 is 0. The number of rotatable bonds is 4. The third-order valence-corrected chi connectivity index (χ3v) is 3.41. The van der Waals surface area contributed by atoms with Gasteiger partial charge in [0.05, 0.1) is 0 Å². The molecule has 0 aromatic rings. The number of allylic oxidation sites excluding steroid dienone is 1. The van der Waals surface area contributed by atoms with E-state index in [0.29, 0.717) is 12.1 Å². The van der Waals surface area contributed by atoms with Crippen molar-refractivity contribution in [3.63, 3.8) is 0 Å². The summed E-state index contributed by atoms with van der Waals surface area (Å²) in [6, 6.07) is -0.482. The summed E-state index contributed by atoms with van der Waals surface area (Å²) in [5.41, 5.74) is 0.440. The normalized spacial score (nSPS) is 24.6. The molecule has 0 bridgehead atoms. The molecule has 5 nitrogen and oxygen atoms in total. The minimum atomic E-state index is -0.482. The van der Waals surface area contributed by atoms with E-state index >= 15 is 0 Å². The molecule has 1 unspecified atom stereocenters. The van der Waals surface area contributed by atoms with Crippen LogP contribution < -0.4 is 0 Å². The number of amides is 2. The predicted molar refractivity (Wildman–Crippen MR) is 73.1 cm³/mol. The Kier molecular flexibility index (Phi) is 5.11. The van der Waals surface area contributed by atoms with Crippen LogP contribution >= 0.6 is 0 Å². The number of nitrogens with zero attached hydrogens (tertiary/aromatic N) is 2. The first-order chi connectivity index (χ1) is 8.79. The maximum Gasteiger partial charge on any atom is 0.270 e. The molecule has 0 aliphatic carbocycles. The van der Waals surface area contributed by atoms with Crippen molar-refractivity contribution in [2.45, 2.75) is 33.2 Å². The molecule has 5 heteroatoms. The van der Waals surface area contributed by atoms with Crippen molar-refractivity contribution in [2.24, 2.45) is 11.8 Å². The molecule has 0 radical (unpaired) electrons. The van der Waals surface area contributed by atoms with Crippen LogP contribution in [0.1, 0.15) is 27.2 Å². The Hall–Kier alpha value is -1.36. The summed E-state index contributed by atoms with van der Waals surface area (Å²) in [7, 11) is 3.29. The van der Waals surface area contributed by atoms with E-state index in [1.165, 1.54) is 9.80 Å². The minimum Gasteiger partial charge on any atom is -0.396 e. The highest BCUT2D eigenvalue weighted by atomic mass is 16.3. The van der Waals surface area contributed by atoms with E-state index in [0.717, 1.165) is 0 Å². The number of aliphatic hydroxyl groups is 1. The van der Waals surface area contributed by atoms with Crippen LogP contribution in [0.15, 0.2) is 11.8 Å². The van der Waals surface area contributed by atoms with Crippen LogP contribution in [-0.2, 0) is 9.59 Å². The van der Waals surface area contributed by atoms with Gasteiger partial charge in [0.2, 0.25) is 5.91 Å². The average molecular weight is 268 g/mol. The second-order valence-electron chi connectivity index (χ2n) is 5.65. The number of carbonyl (C=O) groups is 2. The Bertz CT molecular complexity index is 390. The van der Waals surface area contributed by atoms with Gasteiger partial charge in [0, 0.05) is 20.7 Å². The molecule has 2 amide bonds. The maximum atomic E-state index is 12.3. The van der Waals surface area contributed by atoms with E-state index < -0.39 is 6.04 Å². The van der Waals surface area contributed by atoms with Crippen molar-refractivity contribution in [1.82, 2.24) is 9.80 Å². The molecule has 1 aliphatic heterocycles. The third-order valence-electron chi connectivity index (χ3n) is 3.41. The fourth-order valence-corrected chi connectivity index (χ4v) is 2.19. The zero-order valence-electron chi connectivity index (χ0n) is 12.4. The summed E-state index contributed by atoms with van der Waals surface area (Å²) in [5.74, 6) is -0.0241. The van der Waals surface area contributed by atoms with Gasteiger partial charge in [-0.3, -0.25) is 9.59 Å². The van der Waals surface area contributed by atoms with Gasteiger partial charge >= 0.3 is 0 Å². The summed E-state index contributed by atoms with van der Waals surface area (Å²) in [4.78, 5) is 27.6. The van der Waals surface area contributed by atoms with Gasteiger partial charge in [-0.2, -0.15) is 0 Å². The molecular formula is C14H24N2O3. The Morgan fingerprint density at radius 2 is 1.84 bits per heavy atom. The van der Waals surface area contributed by atoms with Crippen molar-refractivity contribution < 1.29 is 14.7 Å². The third kappa shape index (κ3) is 3.35. The first-order valence-electron chi connectivity index (χ1n) is 6.67. The molecule has 1 rings (SSSR count). The van der Waals surface area contributed by atoms with Crippen molar-refractivity contribution in [3.05, 3.63) is 11.8 Å². The first-order valence-corrected chi connectivity index (χ1v) is 6.67. The summed E-state index contributed by atoms with van der Waals surface area (Å²) in [5, 5.41) is 9.10. The van der Waals surface area contributed by atoms with Crippen LogP contribution in [0.3, 0.4) is 0 Å².